The van der Waals surface area contributed by atoms with Crippen molar-refractivity contribution < 1.29 is 14.3 Å². The summed E-state index contributed by atoms with van der Waals surface area (Å²) in [5, 5.41) is 0. The van der Waals surface area contributed by atoms with Crippen LogP contribution in [0.4, 0.5) is 5.69 Å². The Labute approximate surface area is 213 Å². The summed E-state index contributed by atoms with van der Waals surface area (Å²) in [6, 6.07) is 13.5. The van der Waals surface area contributed by atoms with Crippen molar-refractivity contribution in [2.45, 2.75) is 47.5 Å². The van der Waals surface area contributed by atoms with Crippen molar-refractivity contribution in [1.82, 2.24) is 0 Å². The van der Waals surface area contributed by atoms with Crippen LogP contribution in [0.25, 0.3) is 5.57 Å². The molecule has 0 aromatic heterocycles. The quantitative estimate of drug-likeness (QED) is 0.340. The number of ketones is 2. The molecule has 0 saturated heterocycles. The predicted octanol–water partition coefficient (Wildman–Crippen LogP) is 7.33. The smallest absolute Gasteiger partial charge is 0.197 e. The average Bonchev–Trinajstić information content (AvgIpc) is 3.09. The number of fused-ring (bicyclic) bond motifs is 2. The van der Waals surface area contributed by atoms with E-state index >= 15 is 0 Å². The molecule has 0 radical (unpaired) electrons. The van der Waals surface area contributed by atoms with Crippen molar-refractivity contribution in [1.29, 1.82) is 0 Å². The molecule has 4 heteroatoms. The van der Waals surface area contributed by atoms with Crippen molar-refractivity contribution in [2.24, 2.45) is 5.41 Å². The SMILES string of the molecule is CCN(CC)c1ccc2c(c1)O/C(=C/C1=CC(=C3C(=O)c4ccccc4C3=O)CC(C)(C)C1)C=C2C. The first-order valence-corrected chi connectivity index (χ1v) is 12.8. The Kier molecular flexibility index (Phi) is 6.07. The number of benzene rings is 2. The van der Waals surface area contributed by atoms with Gasteiger partial charge < -0.3 is 9.64 Å². The standard InChI is InChI=1S/C32H33NO3/c1-6-33(7-2)23-12-13-25-20(3)14-24(36-28(25)17-23)16-21-15-22(19-32(4,5)18-21)29-30(34)26-10-8-9-11-27(26)31(29)35/h8-17H,6-7,18-19H2,1-5H3/b24-16+. The zero-order valence-electron chi connectivity index (χ0n) is 21.8. The van der Waals surface area contributed by atoms with Crippen LogP contribution in [0, 0.1) is 5.41 Å². The van der Waals surface area contributed by atoms with Crippen LogP contribution in [0.2, 0.25) is 0 Å². The number of ether oxygens (including phenoxy) is 1. The number of anilines is 1. The third-order valence-corrected chi connectivity index (χ3v) is 7.34. The summed E-state index contributed by atoms with van der Waals surface area (Å²) in [4.78, 5) is 28.6. The van der Waals surface area contributed by atoms with Crippen molar-refractivity contribution in [3.63, 3.8) is 0 Å². The average molecular weight is 480 g/mol. The molecular weight excluding hydrogens is 446 g/mol. The van der Waals surface area contributed by atoms with Gasteiger partial charge in [-0.05, 0) is 80.0 Å². The van der Waals surface area contributed by atoms with Crippen molar-refractivity contribution in [3.8, 4) is 5.75 Å². The molecule has 2 aromatic carbocycles. The van der Waals surface area contributed by atoms with E-state index in [2.05, 4.69) is 69.9 Å². The first-order valence-electron chi connectivity index (χ1n) is 12.8. The topological polar surface area (TPSA) is 46.6 Å². The summed E-state index contributed by atoms with van der Waals surface area (Å²) in [6.45, 7) is 12.7. The number of nitrogens with zero attached hydrogens (tertiary/aromatic N) is 1. The third kappa shape index (κ3) is 4.26. The Balaban J connectivity index is 1.53. The van der Waals surface area contributed by atoms with E-state index in [1.807, 2.05) is 18.2 Å². The molecule has 4 nitrogen and oxygen atoms in total. The first-order chi connectivity index (χ1) is 17.2. The molecule has 0 N–H and O–H groups in total. The highest BCUT2D eigenvalue weighted by Crippen LogP contribution is 2.43. The molecule has 36 heavy (non-hydrogen) atoms. The van der Waals surface area contributed by atoms with Gasteiger partial charge in [-0.2, -0.15) is 0 Å². The molecule has 184 valence electrons. The Morgan fingerprint density at radius 1 is 0.917 bits per heavy atom. The molecule has 3 aliphatic rings. The first kappa shape index (κ1) is 24.1. The number of hydrogen-bond acceptors (Lipinski definition) is 4. The summed E-state index contributed by atoms with van der Waals surface area (Å²) in [5.41, 5.74) is 6.55. The largest absolute Gasteiger partial charge is 0.457 e. The van der Waals surface area contributed by atoms with Crippen LogP contribution in [-0.2, 0) is 0 Å². The lowest BCUT2D eigenvalue weighted by atomic mass is 9.73. The van der Waals surface area contributed by atoms with E-state index in [-0.39, 0.29) is 17.0 Å². The number of hydrogen-bond donors (Lipinski definition) is 0. The van der Waals surface area contributed by atoms with Crippen molar-refractivity contribution in [2.75, 3.05) is 18.0 Å². The van der Waals surface area contributed by atoms with E-state index in [0.29, 0.717) is 23.1 Å². The molecule has 5 rings (SSSR count). The maximum atomic E-state index is 13.2. The molecule has 0 unspecified atom stereocenters. The second-order valence-electron chi connectivity index (χ2n) is 10.7. The molecule has 0 spiro atoms. The molecule has 1 heterocycles. The highest BCUT2D eigenvalue weighted by atomic mass is 16.5. The van der Waals surface area contributed by atoms with Crippen LogP contribution >= 0.6 is 0 Å². The van der Waals surface area contributed by atoms with E-state index in [4.69, 9.17) is 4.74 Å². The van der Waals surface area contributed by atoms with Crippen LogP contribution in [0.1, 0.15) is 73.7 Å². The fraction of sp³-hybridized carbons (Fsp3) is 0.312. The lowest BCUT2D eigenvalue weighted by molar-refractivity contribution is 0.0986. The maximum absolute atomic E-state index is 13.2. The van der Waals surface area contributed by atoms with Gasteiger partial charge in [0.15, 0.2) is 11.6 Å². The van der Waals surface area contributed by atoms with Crippen molar-refractivity contribution in [3.05, 3.63) is 99.9 Å². The molecule has 0 bridgehead atoms. The molecule has 1 aliphatic heterocycles. The molecule has 0 atom stereocenters. The maximum Gasteiger partial charge on any atom is 0.197 e. The lowest BCUT2D eigenvalue weighted by Gasteiger charge is -2.31. The van der Waals surface area contributed by atoms with Crippen LogP contribution in [-0.4, -0.2) is 24.7 Å². The number of carbonyl (C=O) groups excluding carboxylic acids is 2. The molecule has 0 amide bonds. The molecule has 2 aromatic rings. The van der Waals surface area contributed by atoms with E-state index in [9.17, 15) is 9.59 Å². The van der Waals surface area contributed by atoms with Gasteiger partial charge in [0.2, 0.25) is 0 Å². The van der Waals surface area contributed by atoms with Gasteiger partial charge in [-0.1, -0.05) is 44.2 Å². The summed E-state index contributed by atoms with van der Waals surface area (Å²) < 4.78 is 6.37. The molecule has 2 aliphatic carbocycles. The van der Waals surface area contributed by atoms with Crippen LogP contribution in [0.3, 0.4) is 0 Å². The molecular formula is C32H33NO3. The van der Waals surface area contributed by atoms with Gasteiger partial charge in [-0.3, -0.25) is 9.59 Å². The van der Waals surface area contributed by atoms with Crippen LogP contribution in [0.5, 0.6) is 5.75 Å². The molecule has 0 fully saturated rings. The van der Waals surface area contributed by atoms with Gasteiger partial charge >= 0.3 is 0 Å². The highest BCUT2D eigenvalue weighted by molar-refractivity contribution is 6.40. The lowest BCUT2D eigenvalue weighted by Crippen LogP contribution is -2.22. The van der Waals surface area contributed by atoms with Gasteiger partial charge in [-0.15, -0.1) is 0 Å². The second kappa shape index (κ2) is 9.09. The van der Waals surface area contributed by atoms with E-state index in [1.54, 1.807) is 12.1 Å². The zero-order valence-corrected chi connectivity index (χ0v) is 21.8. The zero-order chi connectivity index (χ0) is 25.6. The van der Waals surface area contributed by atoms with E-state index < -0.39 is 0 Å². The fourth-order valence-electron chi connectivity index (χ4n) is 5.66. The Bertz CT molecular complexity index is 1360. The highest BCUT2D eigenvalue weighted by Gasteiger charge is 2.37. The number of Topliss-reactive ketones (excluding diaryl/α,β-unsaturated/α-hetero) is 2. The predicted molar refractivity (Wildman–Crippen MR) is 146 cm³/mol. The fourth-order valence-corrected chi connectivity index (χ4v) is 5.66. The number of allylic oxidation sites excluding steroid dienone is 7. The van der Waals surface area contributed by atoms with E-state index in [1.165, 1.54) is 0 Å². The summed E-state index contributed by atoms with van der Waals surface area (Å²) >= 11 is 0. The normalized spacial score (nSPS) is 19.5. The Morgan fingerprint density at radius 2 is 1.58 bits per heavy atom. The van der Waals surface area contributed by atoms with Gasteiger partial charge in [0.1, 0.15) is 11.5 Å². The van der Waals surface area contributed by atoms with Crippen LogP contribution in [0.15, 0.2) is 83.2 Å². The van der Waals surface area contributed by atoms with Gasteiger partial charge in [0, 0.05) is 41.5 Å². The number of carbonyl (C=O) groups is 2. The monoisotopic (exact) mass is 479 g/mol. The number of rotatable bonds is 4. The summed E-state index contributed by atoms with van der Waals surface area (Å²) in [6.07, 6.45) is 7.69. The minimum Gasteiger partial charge on any atom is -0.457 e. The minimum absolute atomic E-state index is 0.0833. The van der Waals surface area contributed by atoms with Crippen LogP contribution < -0.4 is 9.64 Å². The summed E-state index contributed by atoms with van der Waals surface area (Å²) in [7, 11) is 0. The second-order valence-corrected chi connectivity index (χ2v) is 10.7. The Morgan fingerprint density at radius 3 is 2.22 bits per heavy atom. The Hall–Kier alpha value is -3.66. The third-order valence-electron chi connectivity index (χ3n) is 7.34. The van der Waals surface area contributed by atoms with Crippen molar-refractivity contribution >= 4 is 22.8 Å². The van der Waals surface area contributed by atoms with E-state index in [0.717, 1.165) is 59.0 Å². The van der Waals surface area contributed by atoms with Gasteiger partial charge in [-0.25, -0.2) is 0 Å². The van der Waals surface area contributed by atoms with Gasteiger partial charge in [0.05, 0.1) is 5.57 Å². The molecule has 0 saturated carbocycles. The summed E-state index contributed by atoms with van der Waals surface area (Å²) in [5.74, 6) is 1.32. The minimum atomic E-state index is -0.158. The van der Waals surface area contributed by atoms with Gasteiger partial charge in [0.25, 0.3) is 0 Å².